The van der Waals surface area contributed by atoms with Gasteiger partial charge in [-0.1, -0.05) is 17.7 Å². The van der Waals surface area contributed by atoms with E-state index >= 15 is 0 Å². The molecule has 1 fully saturated rings. The van der Waals surface area contributed by atoms with E-state index in [1.807, 2.05) is 0 Å². The third kappa shape index (κ3) is 4.67. The number of hydrogen-bond donors (Lipinski definition) is 1. The third-order valence-electron chi connectivity index (χ3n) is 5.60. The highest BCUT2D eigenvalue weighted by Crippen LogP contribution is 2.43. The molecular weight excluding hydrogens is 484 g/mol. The molecule has 9 heteroatoms. The normalized spacial score (nSPS) is 16.9. The molecule has 1 unspecified atom stereocenters. The quantitative estimate of drug-likeness (QED) is 0.218. The smallest absolute Gasteiger partial charge is 0.338 e. The Morgan fingerprint density at radius 1 is 1.08 bits per heavy atom. The number of aromatic nitrogens is 1. The molecule has 1 N–H and O–H groups in total. The summed E-state index contributed by atoms with van der Waals surface area (Å²) in [5.74, 6) is -2.37. The number of hydrogen-bond acceptors (Lipinski definition) is 7. The lowest BCUT2D eigenvalue weighted by Gasteiger charge is -2.25. The minimum Gasteiger partial charge on any atom is -0.507 e. The van der Waals surface area contributed by atoms with Gasteiger partial charge >= 0.3 is 5.97 Å². The summed E-state index contributed by atoms with van der Waals surface area (Å²) >= 11 is 6.33. The molecule has 0 saturated carbocycles. The third-order valence-corrected chi connectivity index (χ3v) is 5.93. The number of methoxy groups -OCH3 is 1. The number of carbonyl (C=O) groups excluding carboxylic acids is 3. The van der Waals surface area contributed by atoms with Crippen LogP contribution in [0.15, 0.2) is 72.6 Å². The zero-order valence-corrected chi connectivity index (χ0v) is 20.5. The van der Waals surface area contributed by atoms with Gasteiger partial charge in [0.15, 0.2) is 0 Å². The standard InChI is InChI=1S/C27H23ClN2O6/c1-15(2)36-27(34)17-5-4-6-18(13-17)30-23(16-9-11-29-12-10-16)22(25(32)26(30)33)24(31)20-14-19(35-3)7-8-21(20)28/h4-15,23,31H,1-3H3/b24-22+. The van der Waals surface area contributed by atoms with Gasteiger partial charge in [0.1, 0.15) is 11.5 Å². The highest BCUT2D eigenvalue weighted by molar-refractivity contribution is 6.52. The number of carbonyl (C=O) groups is 3. The summed E-state index contributed by atoms with van der Waals surface area (Å²) in [6, 6.07) is 13.1. The number of amides is 1. The fourth-order valence-electron chi connectivity index (χ4n) is 3.98. The molecule has 0 spiro atoms. The first-order valence-corrected chi connectivity index (χ1v) is 11.5. The van der Waals surface area contributed by atoms with Crippen molar-refractivity contribution in [3.05, 3.63) is 94.3 Å². The molecule has 36 heavy (non-hydrogen) atoms. The number of ketones is 1. The number of benzene rings is 2. The van der Waals surface area contributed by atoms with Crippen molar-refractivity contribution in [2.75, 3.05) is 12.0 Å². The Morgan fingerprint density at radius 2 is 1.81 bits per heavy atom. The largest absolute Gasteiger partial charge is 0.507 e. The van der Waals surface area contributed by atoms with Crippen LogP contribution in [0.5, 0.6) is 5.75 Å². The molecule has 184 valence electrons. The average Bonchev–Trinajstić information content (AvgIpc) is 3.14. The summed E-state index contributed by atoms with van der Waals surface area (Å²) in [6.07, 6.45) is 2.70. The van der Waals surface area contributed by atoms with Gasteiger partial charge in [-0.25, -0.2) is 4.79 Å². The number of esters is 1. The van der Waals surface area contributed by atoms with Crippen LogP contribution in [-0.2, 0) is 14.3 Å². The Balaban J connectivity index is 1.91. The van der Waals surface area contributed by atoms with Crippen LogP contribution in [0.4, 0.5) is 5.69 Å². The predicted molar refractivity (Wildman–Crippen MR) is 134 cm³/mol. The monoisotopic (exact) mass is 506 g/mol. The Morgan fingerprint density at radius 3 is 2.47 bits per heavy atom. The first-order valence-electron chi connectivity index (χ1n) is 11.1. The average molecular weight is 507 g/mol. The zero-order chi connectivity index (χ0) is 26.0. The Hall–Kier alpha value is -4.17. The van der Waals surface area contributed by atoms with Crippen molar-refractivity contribution >= 4 is 40.7 Å². The van der Waals surface area contributed by atoms with Crippen molar-refractivity contribution in [1.29, 1.82) is 0 Å². The van der Waals surface area contributed by atoms with Crippen LogP contribution in [0.2, 0.25) is 5.02 Å². The topological polar surface area (TPSA) is 106 Å². The zero-order valence-electron chi connectivity index (χ0n) is 19.8. The number of ether oxygens (including phenoxy) is 2. The SMILES string of the molecule is COc1ccc(Cl)c(/C(O)=C2\C(=O)C(=O)N(c3cccc(C(=O)OC(C)C)c3)C2c2ccncc2)c1. The summed E-state index contributed by atoms with van der Waals surface area (Å²) in [5.41, 5.74) is 1.01. The van der Waals surface area contributed by atoms with Crippen molar-refractivity contribution < 1.29 is 29.0 Å². The van der Waals surface area contributed by atoms with Crippen LogP contribution in [0.1, 0.15) is 41.4 Å². The van der Waals surface area contributed by atoms with Crippen molar-refractivity contribution in [3.63, 3.8) is 0 Å². The maximum Gasteiger partial charge on any atom is 0.338 e. The van der Waals surface area contributed by atoms with E-state index in [0.29, 0.717) is 11.3 Å². The van der Waals surface area contributed by atoms with Gasteiger partial charge in [-0.05, 0) is 67.9 Å². The van der Waals surface area contributed by atoms with Crippen molar-refractivity contribution in [3.8, 4) is 5.75 Å². The first kappa shape index (κ1) is 24.9. The van der Waals surface area contributed by atoms with E-state index in [9.17, 15) is 19.5 Å². The van der Waals surface area contributed by atoms with Gasteiger partial charge in [-0.3, -0.25) is 19.5 Å². The Bertz CT molecular complexity index is 1370. The van der Waals surface area contributed by atoms with Crippen LogP contribution in [0, 0.1) is 0 Å². The molecule has 0 bridgehead atoms. The van der Waals surface area contributed by atoms with E-state index in [1.54, 1.807) is 50.2 Å². The van der Waals surface area contributed by atoms with Crippen molar-refractivity contribution in [1.82, 2.24) is 4.98 Å². The molecule has 0 aliphatic carbocycles. The fraction of sp³-hybridized carbons (Fsp3) is 0.185. The van der Waals surface area contributed by atoms with Crippen molar-refractivity contribution in [2.24, 2.45) is 0 Å². The molecule has 1 amide bonds. The van der Waals surface area contributed by atoms with Crippen LogP contribution in [0.25, 0.3) is 5.76 Å². The molecule has 8 nitrogen and oxygen atoms in total. The molecule has 1 aliphatic heterocycles. The lowest BCUT2D eigenvalue weighted by atomic mass is 9.95. The van der Waals surface area contributed by atoms with E-state index in [-0.39, 0.29) is 33.5 Å². The van der Waals surface area contributed by atoms with Gasteiger partial charge < -0.3 is 14.6 Å². The minimum absolute atomic E-state index is 0.141. The van der Waals surface area contributed by atoms with Crippen molar-refractivity contribution in [2.45, 2.75) is 26.0 Å². The predicted octanol–water partition coefficient (Wildman–Crippen LogP) is 4.94. The Kier molecular flexibility index (Phi) is 7.07. The summed E-state index contributed by atoms with van der Waals surface area (Å²) in [7, 11) is 1.46. The van der Waals surface area contributed by atoms with Crippen LogP contribution < -0.4 is 9.64 Å². The highest BCUT2D eigenvalue weighted by Gasteiger charge is 2.47. The van der Waals surface area contributed by atoms with Gasteiger partial charge in [0.25, 0.3) is 11.7 Å². The lowest BCUT2D eigenvalue weighted by molar-refractivity contribution is -0.132. The number of Topliss-reactive ketones (excluding diaryl/α,β-unsaturated/α-hetero) is 1. The van der Waals surface area contributed by atoms with Gasteiger partial charge in [0, 0.05) is 23.6 Å². The van der Waals surface area contributed by atoms with Gasteiger partial charge in [0.2, 0.25) is 0 Å². The van der Waals surface area contributed by atoms with Crippen LogP contribution >= 0.6 is 11.6 Å². The minimum atomic E-state index is -1.01. The highest BCUT2D eigenvalue weighted by atomic mass is 35.5. The van der Waals surface area contributed by atoms with Crippen LogP contribution in [0.3, 0.4) is 0 Å². The molecule has 1 aromatic heterocycles. The van der Waals surface area contributed by atoms with Crippen LogP contribution in [-0.4, -0.2) is 41.0 Å². The second-order valence-corrected chi connectivity index (χ2v) is 8.71. The van der Waals surface area contributed by atoms with E-state index in [1.165, 1.54) is 42.6 Å². The molecule has 2 heterocycles. The lowest BCUT2D eigenvalue weighted by Crippen LogP contribution is -2.29. The van der Waals surface area contributed by atoms with E-state index < -0.39 is 29.5 Å². The summed E-state index contributed by atoms with van der Waals surface area (Å²) in [5, 5.41) is 11.5. The van der Waals surface area contributed by atoms with Gasteiger partial charge in [-0.2, -0.15) is 0 Å². The molecular formula is C27H23ClN2O6. The number of aliphatic hydroxyl groups is 1. The second-order valence-electron chi connectivity index (χ2n) is 8.30. The molecule has 1 atom stereocenters. The van der Waals surface area contributed by atoms with E-state index in [4.69, 9.17) is 21.1 Å². The van der Waals surface area contributed by atoms with E-state index in [0.717, 1.165) is 0 Å². The number of anilines is 1. The van der Waals surface area contributed by atoms with Gasteiger partial charge in [-0.15, -0.1) is 0 Å². The number of nitrogens with zero attached hydrogens (tertiary/aromatic N) is 2. The molecule has 2 aromatic carbocycles. The summed E-state index contributed by atoms with van der Waals surface area (Å²) in [6.45, 7) is 3.46. The molecule has 0 radical (unpaired) electrons. The summed E-state index contributed by atoms with van der Waals surface area (Å²) in [4.78, 5) is 44.4. The second kappa shape index (κ2) is 10.2. The number of rotatable bonds is 6. The maximum absolute atomic E-state index is 13.3. The van der Waals surface area contributed by atoms with Gasteiger partial charge in [0.05, 0.1) is 35.4 Å². The molecule has 4 rings (SSSR count). The molecule has 1 aliphatic rings. The number of aliphatic hydroxyl groups excluding tert-OH is 1. The number of pyridine rings is 1. The summed E-state index contributed by atoms with van der Waals surface area (Å²) < 4.78 is 10.5. The maximum atomic E-state index is 13.3. The molecule has 1 saturated heterocycles. The fourth-order valence-corrected chi connectivity index (χ4v) is 4.19. The molecule has 3 aromatic rings. The first-order chi connectivity index (χ1) is 17.2. The number of halogens is 1. The van der Waals surface area contributed by atoms with E-state index in [2.05, 4.69) is 4.98 Å². The Labute approximate surface area is 212 Å².